The van der Waals surface area contributed by atoms with E-state index in [1.54, 1.807) is 0 Å². The van der Waals surface area contributed by atoms with E-state index in [0.29, 0.717) is 0 Å². The van der Waals surface area contributed by atoms with Crippen molar-refractivity contribution in [1.29, 1.82) is 0 Å². The third-order valence-electron chi connectivity index (χ3n) is 0.250. The van der Waals surface area contributed by atoms with Crippen LogP contribution in [0.1, 0.15) is 0 Å². The molecule has 14 nitrogen and oxygen atoms in total. The topological polar surface area (TPSA) is 348 Å². The molecule has 129 valence electrons. The molecule has 0 saturated heterocycles. The van der Waals surface area contributed by atoms with Crippen molar-refractivity contribution < 1.29 is 85.2 Å². The summed E-state index contributed by atoms with van der Waals surface area (Å²) in [7, 11) is -10.3. The van der Waals surface area contributed by atoms with Gasteiger partial charge in [0.1, 0.15) is 13.1 Å². The molecule has 0 rings (SSSR count). The first-order chi connectivity index (χ1) is 5.91. The fourth-order valence-corrected chi connectivity index (χ4v) is 0. The van der Waals surface area contributed by atoms with E-state index in [2.05, 4.69) is 11.5 Å². The van der Waals surface area contributed by atoms with Gasteiger partial charge in [-0.1, -0.05) is 0 Å². The van der Waals surface area contributed by atoms with E-state index in [-0.39, 0.29) is 38.7 Å². The minimum Gasteiger partial charge on any atom is -0.759 e. The minimum atomic E-state index is -5.17. The molecule has 0 amide bonds. The Balaban J connectivity index is -0.0000000141. The zero-order valence-corrected chi connectivity index (χ0v) is 12.2. The summed E-state index contributed by atoms with van der Waals surface area (Å²) in [6.07, 6.45) is 0. The fourth-order valence-electron chi connectivity index (χ4n) is 0. The largest absolute Gasteiger partial charge is 2.00 e. The molecule has 1 radical (unpaired) electrons. The van der Waals surface area contributed by atoms with Crippen molar-refractivity contribution in [3.63, 3.8) is 0 Å². The van der Waals surface area contributed by atoms with Gasteiger partial charge in [-0.25, -0.2) is 0 Å². The molecular weight excluding hydrogens is 367 g/mol. The molecule has 0 aliphatic carbocycles. The first kappa shape index (κ1) is 50.9. The number of hydrogen-bond donors (Lipinski definition) is 2. The van der Waals surface area contributed by atoms with Gasteiger partial charge in [-0.3, -0.25) is 16.8 Å². The Morgan fingerprint density at radius 3 is 0.684 bits per heavy atom. The fraction of sp³-hybridized carbons (Fsp3) is 1.00. The predicted molar refractivity (Wildman–Crippen MR) is 55.9 cm³/mol. The molecule has 0 aromatic rings. The maximum atomic E-state index is 8.52. The molecule has 0 spiro atoms. The van der Waals surface area contributed by atoms with E-state index in [1.165, 1.54) is 0 Å². The molecule has 0 aromatic carbocycles. The SMILES string of the molecule is O=S(=O)([O-])[O-].O=S(=O)([O-])[O-].[Co+2].[NH3+]CC[NH3+].[OH3+].[OH3+].[OH3+].[OH3+]. The molecule has 0 aliphatic heterocycles. The van der Waals surface area contributed by atoms with Crippen LogP contribution in [-0.2, 0) is 59.5 Å². The second-order valence-corrected chi connectivity index (χ2v) is 3.16. The zero-order valence-electron chi connectivity index (χ0n) is 9.55. The van der Waals surface area contributed by atoms with Crippen LogP contribution in [0.2, 0.25) is 0 Å². The smallest absolute Gasteiger partial charge is 0.759 e. The van der Waals surface area contributed by atoms with Gasteiger partial charge in [0.2, 0.25) is 0 Å². The van der Waals surface area contributed by atoms with Gasteiger partial charge >= 0.3 is 16.8 Å². The minimum absolute atomic E-state index is 0. The van der Waals surface area contributed by atoms with Gasteiger partial charge in [0.05, 0.1) is 0 Å². The summed E-state index contributed by atoms with van der Waals surface area (Å²) in [6.45, 7) is 1.92. The summed E-state index contributed by atoms with van der Waals surface area (Å²) >= 11 is 0. The second kappa shape index (κ2) is 26.5. The van der Waals surface area contributed by atoms with E-state index in [0.717, 1.165) is 13.1 Å². The van der Waals surface area contributed by atoms with Crippen molar-refractivity contribution in [1.82, 2.24) is 0 Å². The molecular formula is C2H22CoN2O12S2+4. The van der Waals surface area contributed by atoms with E-state index < -0.39 is 20.8 Å². The molecule has 0 atom stereocenters. The van der Waals surface area contributed by atoms with Crippen LogP contribution in [0.15, 0.2) is 0 Å². The maximum absolute atomic E-state index is 8.52. The Morgan fingerprint density at radius 1 is 0.632 bits per heavy atom. The summed E-state index contributed by atoms with van der Waals surface area (Å²) < 4.78 is 68.2. The van der Waals surface area contributed by atoms with Crippen molar-refractivity contribution in [2.45, 2.75) is 0 Å². The van der Waals surface area contributed by atoms with E-state index in [1.807, 2.05) is 0 Å². The average molecular weight is 389 g/mol. The molecule has 0 saturated carbocycles. The Morgan fingerprint density at radius 2 is 0.684 bits per heavy atom. The van der Waals surface area contributed by atoms with Crippen LogP contribution in [0.25, 0.3) is 0 Å². The first-order valence-corrected chi connectivity index (χ1v) is 5.50. The second-order valence-electron chi connectivity index (χ2n) is 1.52. The van der Waals surface area contributed by atoms with Crippen molar-refractivity contribution in [2.24, 2.45) is 0 Å². The van der Waals surface area contributed by atoms with Gasteiger partial charge in [0, 0.05) is 20.8 Å². The van der Waals surface area contributed by atoms with Crippen LogP contribution in [0.3, 0.4) is 0 Å². The molecule has 0 fully saturated rings. The summed E-state index contributed by atoms with van der Waals surface area (Å²) in [5.74, 6) is 0. The maximum Gasteiger partial charge on any atom is 2.00 e. The molecule has 0 heterocycles. The van der Waals surface area contributed by atoms with Crippen LogP contribution in [0, 0.1) is 0 Å². The monoisotopic (exact) mass is 389 g/mol. The molecule has 18 N–H and O–H groups in total. The van der Waals surface area contributed by atoms with Crippen molar-refractivity contribution in [3.8, 4) is 0 Å². The average Bonchev–Trinajstić information content (AvgIpc) is 1.79. The summed E-state index contributed by atoms with van der Waals surface area (Å²) in [4.78, 5) is 0. The Kier molecular flexibility index (Phi) is 71.1. The number of hydrogen-bond acceptors (Lipinski definition) is 8. The van der Waals surface area contributed by atoms with Crippen LogP contribution in [0.5, 0.6) is 0 Å². The Bertz CT molecular complexity index is 252. The summed E-state index contributed by atoms with van der Waals surface area (Å²) in [5, 5.41) is 0. The number of rotatable bonds is 1. The van der Waals surface area contributed by atoms with Crippen molar-refractivity contribution in [3.05, 3.63) is 0 Å². The molecule has 17 heteroatoms. The molecule has 0 aromatic heterocycles. The molecule has 0 bridgehead atoms. The predicted octanol–water partition coefficient (Wildman–Crippen LogP) is -8.90. The van der Waals surface area contributed by atoms with Crippen LogP contribution in [0.4, 0.5) is 0 Å². The summed E-state index contributed by atoms with van der Waals surface area (Å²) in [6, 6.07) is 0. The van der Waals surface area contributed by atoms with Crippen LogP contribution >= 0.6 is 0 Å². The van der Waals surface area contributed by atoms with Crippen LogP contribution < -0.4 is 11.5 Å². The van der Waals surface area contributed by atoms with Gasteiger partial charge in [0.15, 0.2) is 0 Å². The van der Waals surface area contributed by atoms with Gasteiger partial charge < -0.3 is 51.6 Å². The molecule has 0 unspecified atom stereocenters. The third-order valence-corrected chi connectivity index (χ3v) is 0.250. The summed E-state index contributed by atoms with van der Waals surface area (Å²) in [5.41, 5.74) is 7.08. The zero-order chi connectivity index (χ0) is 12.4. The van der Waals surface area contributed by atoms with Crippen molar-refractivity contribution in [2.75, 3.05) is 13.1 Å². The van der Waals surface area contributed by atoms with Crippen molar-refractivity contribution >= 4 is 20.8 Å². The Labute approximate surface area is 119 Å². The Hall–Kier alpha value is 0.00649. The standard InChI is InChI=1S/C2H8N2.Co.2H2O4S.4H2O/c3-1-2-4;;2*1-5(2,3)4;;;;/h1-4H2;;2*(H2,1,2,3,4);4*1H2/q;+2;;;;;;/p+2. The van der Waals surface area contributed by atoms with Crippen LogP contribution in [-0.4, -0.2) is 48.1 Å². The quantitative estimate of drug-likeness (QED) is 0.245. The number of quaternary nitrogens is 2. The van der Waals surface area contributed by atoms with E-state index >= 15 is 0 Å². The van der Waals surface area contributed by atoms with Gasteiger partial charge in [0.25, 0.3) is 0 Å². The van der Waals surface area contributed by atoms with Gasteiger partial charge in [-0.15, -0.1) is 0 Å². The third kappa shape index (κ3) is 4550. The first-order valence-electron chi connectivity index (χ1n) is 2.83. The normalized spacial score (nSPS) is 7.68. The van der Waals surface area contributed by atoms with Gasteiger partial charge in [-0.05, 0) is 0 Å². The van der Waals surface area contributed by atoms with E-state index in [9.17, 15) is 0 Å². The van der Waals surface area contributed by atoms with Gasteiger partial charge in [-0.2, -0.15) is 0 Å². The molecule has 0 aliphatic rings. The molecule has 19 heavy (non-hydrogen) atoms. The van der Waals surface area contributed by atoms with E-state index in [4.69, 9.17) is 35.0 Å².